The molecule has 1 N–H and O–H groups in total. The maximum atomic E-state index is 12.1. The minimum atomic E-state index is -0.0250. The predicted molar refractivity (Wildman–Crippen MR) is 90.3 cm³/mol. The SMILES string of the molecule is COc1ccc2c(CC(=O)NCc3ccc(Br)s3)coc2c1. The van der Waals surface area contributed by atoms with Crippen LogP contribution in [-0.4, -0.2) is 13.0 Å². The van der Waals surface area contributed by atoms with Crippen molar-refractivity contribution >= 4 is 44.1 Å². The number of halogens is 1. The van der Waals surface area contributed by atoms with Crippen LogP contribution in [0.5, 0.6) is 5.75 Å². The molecular weight excluding hydrogens is 366 g/mol. The number of rotatable bonds is 5. The summed E-state index contributed by atoms with van der Waals surface area (Å²) in [5.74, 6) is 0.712. The van der Waals surface area contributed by atoms with E-state index in [1.54, 1.807) is 24.7 Å². The van der Waals surface area contributed by atoms with Gasteiger partial charge in [-0.25, -0.2) is 0 Å². The normalized spacial score (nSPS) is 10.8. The van der Waals surface area contributed by atoms with Crippen LogP contribution in [0.25, 0.3) is 11.0 Å². The van der Waals surface area contributed by atoms with E-state index >= 15 is 0 Å². The Morgan fingerprint density at radius 3 is 2.95 bits per heavy atom. The highest BCUT2D eigenvalue weighted by molar-refractivity contribution is 9.11. The van der Waals surface area contributed by atoms with E-state index in [9.17, 15) is 4.79 Å². The van der Waals surface area contributed by atoms with Crippen molar-refractivity contribution in [1.29, 1.82) is 0 Å². The first kappa shape index (κ1) is 15.1. The Morgan fingerprint density at radius 1 is 1.36 bits per heavy atom. The zero-order chi connectivity index (χ0) is 15.5. The quantitative estimate of drug-likeness (QED) is 0.724. The van der Waals surface area contributed by atoms with Gasteiger partial charge >= 0.3 is 0 Å². The van der Waals surface area contributed by atoms with Crippen LogP contribution in [0.4, 0.5) is 0 Å². The Balaban J connectivity index is 1.66. The molecule has 0 unspecified atom stereocenters. The molecule has 4 nitrogen and oxygen atoms in total. The van der Waals surface area contributed by atoms with Crippen molar-refractivity contribution in [3.8, 4) is 5.75 Å². The van der Waals surface area contributed by atoms with Gasteiger partial charge in [0.05, 0.1) is 30.1 Å². The number of methoxy groups -OCH3 is 1. The summed E-state index contributed by atoms with van der Waals surface area (Å²) in [4.78, 5) is 13.2. The molecule has 22 heavy (non-hydrogen) atoms. The molecule has 2 heterocycles. The second kappa shape index (κ2) is 6.54. The van der Waals surface area contributed by atoms with E-state index in [1.165, 1.54) is 0 Å². The van der Waals surface area contributed by atoms with Crippen molar-refractivity contribution in [3.63, 3.8) is 0 Å². The fourth-order valence-corrected chi connectivity index (χ4v) is 3.62. The standard InChI is InChI=1S/C16H14BrNO3S/c1-20-11-2-4-13-10(9-21-14(13)7-11)6-16(19)18-8-12-3-5-15(17)22-12/h2-5,7,9H,6,8H2,1H3,(H,18,19). The fraction of sp³-hybridized carbons (Fsp3) is 0.188. The van der Waals surface area contributed by atoms with Crippen molar-refractivity contribution in [2.45, 2.75) is 13.0 Å². The Hall–Kier alpha value is -1.79. The molecule has 0 atom stereocenters. The molecule has 0 aliphatic heterocycles. The van der Waals surface area contributed by atoms with Crippen LogP contribution in [-0.2, 0) is 17.8 Å². The summed E-state index contributed by atoms with van der Waals surface area (Å²) in [5, 5.41) is 3.86. The number of amides is 1. The van der Waals surface area contributed by atoms with Gasteiger partial charge in [-0.05, 0) is 40.2 Å². The van der Waals surface area contributed by atoms with Gasteiger partial charge in [0, 0.05) is 21.9 Å². The van der Waals surface area contributed by atoms with Gasteiger partial charge in [0.2, 0.25) is 5.91 Å². The summed E-state index contributed by atoms with van der Waals surface area (Å²) in [6.07, 6.45) is 1.93. The number of nitrogens with one attached hydrogen (secondary N) is 1. The molecule has 0 fully saturated rings. The van der Waals surface area contributed by atoms with Crippen molar-refractivity contribution < 1.29 is 13.9 Å². The van der Waals surface area contributed by atoms with Crippen LogP contribution in [0.15, 0.2) is 44.8 Å². The molecular formula is C16H14BrNO3S. The van der Waals surface area contributed by atoms with Crippen LogP contribution in [0.2, 0.25) is 0 Å². The number of benzene rings is 1. The number of ether oxygens (including phenoxy) is 1. The third kappa shape index (κ3) is 3.34. The maximum absolute atomic E-state index is 12.1. The molecule has 0 aliphatic carbocycles. The second-order valence-electron chi connectivity index (χ2n) is 4.78. The molecule has 0 aliphatic rings. The van der Waals surface area contributed by atoms with Gasteiger partial charge in [-0.1, -0.05) is 0 Å². The van der Waals surface area contributed by atoms with Gasteiger partial charge in [0.25, 0.3) is 0 Å². The molecule has 0 saturated carbocycles. The summed E-state index contributed by atoms with van der Waals surface area (Å²) in [6.45, 7) is 0.540. The third-order valence-electron chi connectivity index (χ3n) is 3.30. The lowest BCUT2D eigenvalue weighted by atomic mass is 10.1. The first-order valence-corrected chi connectivity index (χ1v) is 8.31. The van der Waals surface area contributed by atoms with Gasteiger partial charge in [-0.3, -0.25) is 4.79 Å². The lowest BCUT2D eigenvalue weighted by Gasteiger charge is -2.03. The summed E-state index contributed by atoms with van der Waals surface area (Å²) >= 11 is 5.02. The topological polar surface area (TPSA) is 51.5 Å². The van der Waals surface area contributed by atoms with E-state index in [2.05, 4.69) is 21.2 Å². The number of carbonyl (C=O) groups excluding carboxylic acids is 1. The van der Waals surface area contributed by atoms with E-state index in [4.69, 9.17) is 9.15 Å². The number of fused-ring (bicyclic) bond motifs is 1. The number of hydrogen-bond acceptors (Lipinski definition) is 4. The average molecular weight is 380 g/mol. The summed E-state index contributed by atoms with van der Waals surface area (Å²) in [6, 6.07) is 9.57. The molecule has 3 rings (SSSR count). The molecule has 1 aromatic carbocycles. The van der Waals surface area contributed by atoms with Gasteiger partial charge in [0.1, 0.15) is 11.3 Å². The number of thiophene rings is 1. The van der Waals surface area contributed by atoms with Crippen LogP contribution in [0.1, 0.15) is 10.4 Å². The van der Waals surface area contributed by atoms with E-state index in [0.717, 1.165) is 30.9 Å². The molecule has 0 spiro atoms. The average Bonchev–Trinajstić information content (AvgIpc) is 3.11. The zero-order valence-electron chi connectivity index (χ0n) is 11.9. The fourth-order valence-electron chi connectivity index (χ4n) is 2.20. The van der Waals surface area contributed by atoms with E-state index in [-0.39, 0.29) is 5.91 Å². The highest BCUT2D eigenvalue weighted by Crippen LogP contribution is 2.26. The van der Waals surface area contributed by atoms with Crippen LogP contribution in [0, 0.1) is 0 Å². The molecule has 0 bridgehead atoms. The molecule has 114 valence electrons. The Kier molecular flexibility index (Phi) is 4.49. The van der Waals surface area contributed by atoms with Crippen LogP contribution >= 0.6 is 27.3 Å². The van der Waals surface area contributed by atoms with E-state index < -0.39 is 0 Å². The van der Waals surface area contributed by atoms with Gasteiger partial charge in [-0.15, -0.1) is 11.3 Å². The van der Waals surface area contributed by atoms with Crippen LogP contribution in [0.3, 0.4) is 0 Å². The maximum Gasteiger partial charge on any atom is 0.224 e. The third-order valence-corrected chi connectivity index (χ3v) is 4.93. The molecule has 1 amide bonds. The number of hydrogen-bond donors (Lipinski definition) is 1. The minimum Gasteiger partial charge on any atom is -0.497 e. The van der Waals surface area contributed by atoms with E-state index in [1.807, 2.05) is 30.3 Å². The van der Waals surface area contributed by atoms with Gasteiger partial charge in [0.15, 0.2) is 0 Å². The van der Waals surface area contributed by atoms with Crippen molar-refractivity contribution in [1.82, 2.24) is 5.32 Å². The number of carbonyl (C=O) groups is 1. The Labute approximate surface area is 140 Å². The molecule has 0 radical (unpaired) electrons. The largest absolute Gasteiger partial charge is 0.497 e. The van der Waals surface area contributed by atoms with Gasteiger partial charge < -0.3 is 14.5 Å². The van der Waals surface area contributed by atoms with Crippen molar-refractivity contribution in [2.75, 3.05) is 7.11 Å². The van der Waals surface area contributed by atoms with Crippen molar-refractivity contribution in [3.05, 3.63) is 50.8 Å². The highest BCUT2D eigenvalue weighted by Gasteiger charge is 2.11. The lowest BCUT2D eigenvalue weighted by Crippen LogP contribution is -2.23. The zero-order valence-corrected chi connectivity index (χ0v) is 14.3. The van der Waals surface area contributed by atoms with Crippen molar-refractivity contribution in [2.24, 2.45) is 0 Å². The molecule has 2 aromatic heterocycles. The smallest absolute Gasteiger partial charge is 0.224 e. The van der Waals surface area contributed by atoms with E-state index in [0.29, 0.717) is 13.0 Å². The minimum absolute atomic E-state index is 0.0250. The lowest BCUT2D eigenvalue weighted by molar-refractivity contribution is -0.120. The monoisotopic (exact) mass is 379 g/mol. The summed E-state index contributed by atoms with van der Waals surface area (Å²) < 4.78 is 11.7. The summed E-state index contributed by atoms with van der Waals surface area (Å²) in [7, 11) is 1.61. The first-order valence-electron chi connectivity index (χ1n) is 6.71. The molecule has 6 heteroatoms. The molecule has 3 aromatic rings. The Morgan fingerprint density at radius 2 is 2.23 bits per heavy atom. The first-order chi connectivity index (χ1) is 10.7. The predicted octanol–water partition coefficient (Wildman–Crippen LogP) is 4.12. The summed E-state index contributed by atoms with van der Waals surface area (Å²) in [5.41, 5.74) is 1.60. The number of furan rings is 1. The van der Waals surface area contributed by atoms with Crippen LogP contribution < -0.4 is 10.1 Å². The second-order valence-corrected chi connectivity index (χ2v) is 7.33. The van der Waals surface area contributed by atoms with Gasteiger partial charge in [-0.2, -0.15) is 0 Å². The Bertz CT molecular complexity index is 809. The highest BCUT2D eigenvalue weighted by atomic mass is 79.9. The molecule has 0 saturated heterocycles.